The predicted molar refractivity (Wildman–Crippen MR) is 146 cm³/mol. The van der Waals surface area contributed by atoms with Crippen LogP contribution >= 0.6 is 0 Å². The van der Waals surface area contributed by atoms with Crippen molar-refractivity contribution in [1.82, 2.24) is 10.2 Å². The number of benzene rings is 2. The lowest BCUT2D eigenvalue weighted by atomic mass is 9.89. The summed E-state index contributed by atoms with van der Waals surface area (Å²) in [6.45, 7) is 8.37. The number of hydrogen-bond acceptors (Lipinski definition) is 4. The zero-order valence-electron chi connectivity index (χ0n) is 22.8. The Hall–Kier alpha value is -3.30. The lowest BCUT2D eigenvalue weighted by molar-refractivity contribution is -0.883. The molecule has 5 N–H and O–H groups in total. The summed E-state index contributed by atoms with van der Waals surface area (Å²) < 4.78 is 15.2. The number of nitrogens with zero attached hydrogens (tertiary/aromatic N) is 1. The van der Waals surface area contributed by atoms with E-state index < -0.39 is 29.7 Å². The molecule has 3 amide bonds. The second-order valence-corrected chi connectivity index (χ2v) is 10.1. The molecule has 0 aromatic heterocycles. The Morgan fingerprint density at radius 3 is 2.29 bits per heavy atom. The van der Waals surface area contributed by atoms with Gasteiger partial charge in [0.15, 0.2) is 0 Å². The second kappa shape index (κ2) is 13.5. The summed E-state index contributed by atoms with van der Waals surface area (Å²) in [5.41, 5.74) is 7.80. The first-order valence-electron chi connectivity index (χ1n) is 13.5. The van der Waals surface area contributed by atoms with Crippen molar-refractivity contribution in [3.05, 3.63) is 65.5 Å². The molecule has 0 spiro atoms. The van der Waals surface area contributed by atoms with Crippen LogP contribution in [-0.2, 0) is 14.4 Å². The van der Waals surface area contributed by atoms with Gasteiger partial charge in [0.25, 0.3) is 0 Å². The van der Waals surface area contributed by atoms with Crippen LogP contribution in [0.1, 0.15) is 56.6 Å². The van der Waals surface area contributed by atoms with Gasteiger partial charge in [0.2, 0.25) is 17.7 Å². The van der Waals surface area contributed by atoms with E-state index in [1.807, 2.05) is 37.3 Å². The van der Waals surface area contributed by atoms with Crippen molar-refractivity contribution in [2.75, 3.05) is 38.5 Å². The first-order valence-corrected chi connectivity index (χ1v) is 13.5. The number of anilines is 1. The summed E-state index contributed by atoms with van der Waals surface area (Å²) in [5.74, 6) is -2.18. The minimum atomic E-state index is -0.850. The third-order valence-corrected chi connectivity index (χ3v) is 7.51. The van der Waals surface area contributed by atoms with Crippen molar-refractivity contribution < 1.29 is 23.7 Å². The smallest absolute Gasteiger partial charge is 0.246 e. The Morgan fingerprint density at radius 1 is 1.05 bits per heavy atom. The Balaban J connectivity index is 1.75. The largest absolute Gasteiger partial charge is 0.344 e. The molecule has 4 atom stereocenters. The number of nitrogens with one attached hydrogen (secondary N) is 3. The van der Waals surface area contributed by atoms with E-state index in [1.54, 1.807) is 24.8 Å². The summed E-state index contributed by atoms with van der Waals surface area (Å²) >= 11 is 0. The number of carbonyl (C=O) groups is 3. The minimum Gasteiger partial charge on any atom is -0.344 e. The molecule has 3 rings (SSSR count). The molecule has 0 bridgehead atoms. The van der Waals surface area contributed by atoms with Crippen molar-refractivity contribution in [2.45, 2.75) is 57.5 Å². The van der Waals surface area contributed by atoms with Crippen molar-refractivity contribution in [2.24, 2.45) is 5.73 Å². The van der Waals surface area contributed by atoms with Crippen LogP contribution in [0.15, 0.2) is 48.5 Å². The van der Waals surface area contributed by atoms with Crippen LogP contribution in [0, 0.1) is 5.82 Å². The van der Waals surface area contributed by atoms with Crippen LogP contribution in [0.25, 0.3) is 0 Å². The average molecular weight is 527 g/mol. The molecule has 0 aliphatic carbocycles. The van der Waals surface area contributed by atoms with Gasteiger partial charge in [-0.25, -0.2) is 4.39 Å². The quantitative estimate of drug-likeness (QED) is 0.377. The van der Waals surface area contributed by atoms with Gasteiger partial charge in [-0.05, 0) is 29.7 Å². The van der Waals surface area contributed by atoms with E-state index in [0.717, 1.165) is 18.7 Å². The summed E-state index contributed by atoms with van der Waals surface area (Å²) in [4.78, 5) is 41.7. The highest BCUT2D eigenvalue weighted by molar-refractivity contribution is 5.95. The van der Waals surface area contributed by atoms with E-state index in [9.17, 15) is 14.4 Å². The molecule has 0 unspecified atom stereocenters. The monoisotopic (exact) mass is 526 g/mol. The number of rotatable bonds is 10. The lowest BCUT2D eigenvalue weighted by Crippen LogP contribution is -3.12. The molecule has 1 heterocycles. The summed E-state index contributed by atoms with van der Waals surface area (Å²) in [6, 6.07) is 12.4. The predicted octanol–water partition coefficient (Wildman–Crippen LogP) is 1.64. The molecule has 1 aliphatic heterocycles. The number of amides is 3. The van der Waals surface area contributed by atoms with Gasteiger partial charge >= 0.3 is 0 Å². The second-order valence-electron chi connectivity index (χ2n) is 10.1. The van der Waals surface area contributed by atoms with Crippen LogP contribution in [0.2, 0.25) is 0 Å². The molecule has 2 aromatic carbocycles. The number of hydrogen-bond donors (Lipinski definition) is 4. The van der Waals surface area contributed by atoms with Gasteiger partial charge in [-0.3, -0.25) is 14.4 Å². The van der Waals surface area contributed by atoms with E-state index in [1.165, 1.54) is 17.0 Å². The highest BCUT2D eigenvalue weighted by atomic mass is 19.1. The fourth-order valence-electron chi connectivity index (χ4n) is 4.89. The number of carbonyl (C=O) groups excluding carboxylic acids is 3. The molecule has 206 valence electrons. The number of quaternary nitrogens is 1. The first-order chi connectivity index (χ1) is 18.2. The topological polar surface area (TPSA) is 109 Å². The maximum atomic E-state index is 15.2. The van der Waals surface area contributed by atoms with Gasteiger partial charge in [-0.1, -0.05) is 57.2 Å². The average Bonchev–Trinajstić information content (AvgIpc) is 2.93. The minimum absolute atomic E-state index is 0.0202. The van der Waals surface area contributed by atoms with Gasteiger partial charge < -0.3 is 26.2 Å². The van der Waals surface area contributed by atoms with Crippen LogP contribution in [0.4, 0.5) is 10.1 Å². The molecule has 2 aromatic rings. The molecule has 1 fully saturated rings. The number of piperazine rings is 1. The van der Waals surface area contributed by atoms with Gasteiger partial charge in [0.05, 0.1) is 45.0 Å². The molecule has 0 saturated carbocycles. The summed E-state index contributed by atoms with van der Waals surface area (Å²) in [6.07, 6.45) is 0.899. The zero-order chi connectivity index (χ0) is 27.8. The van der Waals surface area contributed by atoms with Crippen molar-refractivity contribution in [3.63, 3.8) is 0 Å². The number of halogens is 1. The number of nitrogens with two attached hydrogens (primary N) is 1. The van der Waals surface area contributed by atoms with E-state index in [2.05, 4.69) is 17.7 Å². The number of likely N-dealkylation sites (N-methyl/N-ethyl adjacent to an activating group) is 1. The highest BCUT2D eigenvalue weighted by Crippen LogP contribution is 2.27. The Kier molecular flexibility index (Phi) is 10.4. The van der Waals surface area contributed by atoms with E-state index >= 15 is 4.39 Å². The van der Waals surface area contributed by atoms with Gasteiger partial charge in [-0.15, -0.1) is 0 Å². The maximum Gasteiger partial charge on any atom is 0.246 e. The molecular weight excluding hydrogens is 485 g/mol. The van der Waals surface area contributed by atoms with Crippen LogP contribution in [0.3, 0.4) is 0 Å². The van der Waals surface area contributed by atoms with Crippen molar-refractivity contribution in [3.8, 4) is 0 Å². The fourth-order valence-corrected chi connectivity index (χ4v) is 4.89. The summed E-state index contributed by atoms with van der Waals surface area (Å²) in [5, 5.41) is 5.47. The Labute approximate surface area is 224 Å². The third kappa shape index (κ3) is 7.17. The molecule has 38 heavy (non-hydrogen) atoms. The van der Waals surface area contributed by atoms with Crippen LogP contribution < -0.4 is 21.3 Å². The Bertz CT molecular complexity index is 1100. The first kappa shape index (κ1) is 29.3. The molecule has 1 saturated heterocycles. The zero-order valence-corrected chi connectivity index (χ0v) is 22.8. The Morgan fingerprint density at radius 2 is 1.71 bits per heavy atom. The van der Waals surface area contributed by atoms with Gasteiger partial charge in [0, 0.05) is 18.3 Å². The van der Waals surface area contributed by atoms with Crippen LogP contribution in [-0.4, -0.2) is 67.9 Å². The van der Waals surface area contributed by atoms with E-state index in [4.69, 9.17) is 5.73 Å². The maximum absolute atomic E-state index is 15.2. The van der Waals surface area contributed by atoms with Crippen molar-refractivity contribution in [1.29, 1.82) is 0 Å². The van der Waals surface area contributed by atoms with E-state index in [0.29, 0.717) is 25.1 Å². The van der Waals surface area contributed by atoms with Gasteiger partial charge in [0.1, 0.15) is 11.9 Å². The third-order valence-electron chi connectivity index (χ3n) is 7.51. The van der Waals surface area contributed by atoms with Crippen molar-refractivity contribution >= 4 is 23.4 Å². The SMILES string of the molecule is CCC(=O)N[C@@H](C(=O)N1CC[NH+](C)CC1)[C@@H](C)c1ccc(NC(=O)[C@@H](N)[C@@H](CC)c2ccccc2)c(F)c1. The normalized spacial score (nSPS) is 17.3. The molecule has 8 nitrogen and oxygen atoms in total. The molecular formula is C29H41FN5O3+. The molecule has 0 radical (unpaired) electrons. The van der Waals surface area contributed by atoms with Crippen LogP contribution in [0.5, 0.6) is 0 Å². The van der Waals surface area contributed by atoms with Gasteiger partial charge in [-0.2, -0.15) is 0 Å². The lowest BCUT2D eigenvalue weighted by Gasteiger charge is -2.34. The summed E-state index contributed by atoms with van der Waals surface area (Å²) in [7, 11) is 2.08. The molecule has 9 heteroatoms. The highest BCUT2D eigenvalue weighted by Gasteiger charge is 2.34. The fraction of sp³-hybridized carbons (Fsp3) is 0.483. The van der Waals surface area contributed by atoms with E-state index in [-0.39, 0.29) is 29.8 Å². The molecule has 1 aliphatic rings. The standard InChI is InChI=1S/C29H40FN5O3/c1-5-22(20-10-8-7-9-11-20)26(31)28(37)32-24-13-12-21(18-23(24)30)19(3)27(33-25(36)6-2)29(38)35-16-14-34(4)15-17-35/h7-13,18-19,22,26-27H,5-6,14-17,31H2,1-4H3,(H,32,37)(H,33,36)/p+1/t19-,22-,26-,27+/m0/s1.